The van der Waals surface area contributed by atoms with Gasteiger partial charge < -0.3 is 14.8 Å². The summed E-state index contributed by atoms with van der Waals surface area (Å²) in [5, 5.41) is 3.41. The smallest absolute Gasteiger partial charge is 0.278 e. The van der Waals surface area contributed by atoms with Gasteiger partial charge in [0.15, 0.2) is 17.3 Å². The molecule has 6 rings (SSSR count). The SMILES string of the molecule is O=c1c(-c2cc(F)cc(F)c2)nc2c(NCCN3CCOCC3)nc(-c3ccccc3)nc2n1CCN1CCOCC1. The first-order valence-corrected chi connectivity index (χ1v) is 14.2. The number of anilines is 1. The second kappa shape index (κ2) is 13.0. The average Bonchev–Trinajstić information content (AvgIpc) is 3.01. The molecule has 10 nitrogen and oxygen atoms in total. The number of fused-ring (bicyclic) bond motifs is 1. The Balaban J connectivity index is 1.47. The summed E-state index contributed by atoms with van der Waals surface area (Å²) in [4.78, 5) is 32.8. The van der Waals surface area contributed by atoms with Gasteiger partial charge in [-0.1, -0.05) is 30.3 Å². The van der Waals surface area contributed by atoms with Crippen molar-refractivity contribution in [3.8, 4) is 22.6 Å². The monoisotopic (exact) mass is 577 g/mol. The van der Waals surface area contributed by atoms with Crippen molar-refractivity contribution in [3.05, 3.63) is 70.5 Å². The minimum atomic E-state index is -0.786. The van der Waals surface area contributed by atoms with E-state index in [-0.39, 0.29) is 11.3 Å². The van der Waals surface area contributed by atoms with Gasteiger partial charge in [-0.25, -0.2) is 23.7 Å². The number of rotatable bonds is 9. The second-order valence-corrected chi connectivity index (χ2v) is 10.3. The molecule has 1 N–H and O–H groups in total. The predicted molar refractivity (Wildman–Crippen MR) is 155 cm³/mol. The van der Waals surface area contributed by atoms with Gasteiger partial charge in [-0.3, -0.25) is 19.2 Å². The van der Waals surface area contributed by atoms with Crippen LogP contribution in [-0.2, 0) is 16.0 Å². The Morgan fingerprint density at radius 3 is 2.07 bits per heavy atom. The highest BCUT2D eigenvalue weighted by molar-refractivity contribution is 5.86. The van der Waals surface area contributed by atoms with Crippen molar-refractivity contribution in [2.75, 3.05) is 77.6 Å². The molecule has 12 heteroatoms. The van der Waals surface area contributed by atoms with Crippen LogP contribution in [0.2, 0.25) is 0 Å². The van der Waals surface area contributed by atoms with Crippen LogP contribution in [0.15, 0.2) is 53.3 Å². The molecule has 4 heterocycles. The highest BCUT2D eigenvalue weighted by Gasteiger charge is 2.21. The summed E-state index contributed by atoms with van der Waals surface area (Å²) in [6, 6.07) is 12.6. The number of nitrogens with one attached hydrogen (secondary N) is 1. The average molecular weight is 578 g/mol. The Morgan fingerprint density at radius 2 is 1.40 bits per heavy atom. The van der Waals surface area contributed by atoms with Crippen LogP contribution in [0.1, 0.15) is 0 Å². The molecule has 0 bridgehead atoms. The molecule has 2 fully saturated rings. The lowest BCUT2D eigenvalue weighted by atomic mass is 10.1. The van der Waals surface area contributed by atoms with Crippen LogP contribution >= 0.6 is 0 Å². The van der Waals surface area contributed by atoms with Gasteiger partial charge in [-0.2, -0.15) is 0 Å². The standard InChI is InChI=1S/C30H33F2N7O3/c31-23-18-22(19-24(32)20-23)25-30(40)39(9-8-38-12-16-42-17-13-38)29-26(34-25)28(33-6-7-37-10-14-41-15-11-37)35-27(36-29)21-4-2-1-3-5-21/h1-5,18-20H,6-17H2,(H,33,35,36). The Bertz CT molecular complexity index is 1570. The molecule has 0 spiro atoms. The van der Waals surface area contributed by atoms with E-state index in [4.69, 9.17) is 19.4 Å². The van der Waals surface area contributed by atoms with Crippen molar-refractivity contribution in [3.63, 3.8) is 0 Å². The third-order valence-corrected chi connectivity index (χ3v) is 7.53. The van der Waals surface area contributed by atoms with E-state index < -0.39 is 17.2 Å². The van der Waals surface area contributed by atoms with E-state index in [2.05, 4.69) is 20.1 Å². The Kier molecular flexibility index (Phi) is 8.75. The Labute approximate surface area is 241 Å². The summed E-state index contributed by atoms with van der Waals surface area (Å²) >= 11 is 0. The number of halogens is 2. The van der Waals surface area contributed by atoms with Gasteiger partial charge in [-0.05, 0) is 12.1 Å². The Morgan fingerprint density at radius 1 is 0.762 bits per heavy atom. The zero-order valence-electron chi connectivity index (χ0n) is 23.3. The van der Waals surface area contributed by atoms with E-state index >= 15 is 0 Å². The van der Waals surface area contributed by atoms with Crippen LogP contribution < -0.4 is 10.9 Å². The first kappa shape index (κ1) is 28.3. The van der Waals surface area contributed by atoms with E-state index in [0.717, 1.165) is 56.5 Å². The summed E-state index contributed by atoms with van der Waals surface area (Å²) in [7, 11) is 0. The molecule has 0 saturated carbocycles. The molecule has 2 aromatic heterocycles. The van der Waals surface area contributed by atoms with E-state index in [1.807, 2.05) is 30.3 Å². The highest BCUT2D eigenvalue weighted by atomic mass is 19.1. The lowest BCUT2D eigenvalue weighted by Crippen LogP contribution is -2.39. The quantitative estimate of drug-likeness (QED) is 0.322. The first-order valence-electron chi connectivity index (χ1n) is 14.2. The summed E-state index contributed by atoms with van der Waals surface area (Å²) < 4.78 is 41.0. The predicted octanol–water partition coefficient (Wildman–Crippen LogP) is 2.88. The molecule has 220 valence electrons. The molecule has 2 aromatic carbocycles. The molecule has 0 aliphatic carbocycles. The second-order valence-electron chi connectivity index (χ2n) is 10.3. The maximum atomic E-state index is 14.3. The molecular weight excluding hydrogens is 544 g/mol. The van der Waals surface area contributed by atoms with Crippen LogP contribution in [-0.4, -0.2) is 102 Å². The van der Waals surface area contributed by atoms with E-state index in [1.165, 1.54) is 0 Å². The van der Waals surface area contributed by atoms with Gasteiger partial charge in [0.1, 0.15) is 22.8 Å². The van der Waals surface area contributed by atoms with Gasteiger partial charge in [0.05, 0.1) is 26.4 Å². The zero-order valence-corrected chi connectivity index (χ0v) is 23.3. The van der Waals surface area contributed by atoms with Crippen molar-refractivity contribution in [2.45, 2.75) is 6.54 Å². The molecule has 4 aromatic rings. The molecule has 2 aliphatic heterocycles. The fourth-order valence-electron chi connectivity index (χ4n) is 5.27. The lowest BCUT2D eigenvalue weighted by molar-refractivity contribution is 0.0364. The van der Waals surface area contributed by atoms with E-state index in [0.29, 0.717) is 68.9 Å². The van der Waals surface area contributed by atoms with Crippen LogP contribution in [0.4, 0.5) is 14.6 Å². The molecule has 42 heavy (non-hydrogen) atoms. The highest BCUT2D eigenvalue weighted by Crippen LogP contribution is 2.26. The van der Waals surface area contributed by atoms with Gasteiger partial charge >= 0.3 is 0 Å². The molecule has 0 unspecified atom stereocenters. The van der Waals surface area contributed by atoms with Crippen molar-refractivity contribution in [1.82, 2.24) is 29.3 Å². The summed E-state index contributed by atoms with van der Waals surface area (Å²) in [6.45, 7) is 8.02. The van der Waals surface area contributed by atoms with Crippen LogP contribution in [0.3, 0.4) is 0 Å². The van der Waals surface area contributed by atoms with Crippen LogP contribution in [0.5, 0.6) is 0 Å². The molecule has 0 radical (unpaired) electrons. The summed E-state index contributed by atoms with van der Waals surface area (Å²) in [5.74, 6) is -0.676. The van der Waals surface area contributed by atoms with Crippen LogP contribution in [0, 0.1) is 11.6 Å². The van der Waals surface area contributed by atoms with E-state index in [9.17, 15) is 13.6 Å². The number of morpholine rings is 2. The lowest BCUT2D eigenvalue weighted by Gasteiger charge is -2.27. The number of ether oxygens (including phenoxy) is 2. The molecule has 2 aliphatic rings. The van der Waals surface area contributed by atoms with Gasteiger partial charge in [0, 0.05) is 69.6 Å². The normalized spacial score (nSPS) is 16.6. The fourth-order valence-corrected chi connectivity index (χ4v) is 5.27. The van der Waals surface area contributed by atoms with Crippen molar-refractivity contribution >= 4 is 17.0 Å². The third kappa shape index (κ3) is 6.46. The first-order chi connectivity index (χ1) is 20.5. The minimum absolute atomic E-state index is 0.0600. The fraction of sp³-hybridized carbons (Fsp3) is 0.400. The van der Waals surface area contributed by atoms with Crippen molar-refractivity contribution in [1.29, 1.82) is 0 Å². The molecule has 0 atom stereocenters. The number of hydrogen-bond donors (Lipinski definition) is 1. The number of benzene rings is 2. The number of hydrogen-bond acceptors (Lipinski definition) is 9. The number of nitrogens with zero attached hydrogens (tertiary/aromatic N) is 6. The molecular formula is C30H33F2N7O3. The maximum Gasteiger partial charge on any atom is 0.278 e. The largest absolute Gasteiger partial charge is 0.379 e. The summed E-state index contributed by atoms with van der Waals surface area (Å²) in [6.07, 6.45) is 0. The zero-order chi connectivity index (χ0) is 28.9. The van der Waals surface area contributed by atoms with Crippen LogP contribution in [0.25, 0.3) is 33.8 Å². The maximum absolute atomic E-state index is 14.3. The molecule has 0 amide bonds. The number of aromatic nitrogens is 4. The van der Waals surface area contributed by atoms with Crippen molar-refractivity contribution < 1.29 is 18.3 Å². The van der Waals surface area contributed by atoms with Gasteiger partial charge in [-0.15, -0.1) is 0 Å². The topological polar surface area (TPSA) is 97.6 Å². The minimum Gasteiger partial charge on any atom is -0.379 e. The van der Waals surface area contributed by atoms with E-state index in [1.54, 1.807) is 4.57 Å². The Hall–Kier alpha value is -3.84. The molecule has 2 saturated heterocycles. The van der Waals surface area contributed by atoms with Gasteiger partial charge in [0.25, 0.3) is 5.56 Å². The third-order valence-electron chi connectivity index (χ3n) is 7.53. The van der Waals surface area contributed by atoms with Crippen molar-refractivity contribution in [2.24, 2.45) is 0 Å². The summed E-state index contributed by atoms with van der Waals surface area (Å²) in [5.41, 5.74) is 1.03. The van der Waals surface area contributed by atoms with Gasteiger partial charge in [0.2, 0.25) is 0 Å².